The minimum atomic E-state index is -0.557. The first-order chi connectivity index (χ1) is 11.9. The van der Waals surface area contributed by atoms with Crippen LogP contribution in [0.25, 0.3) is 0 Å². The number of amides is 1. The molecule has 1 aromatic carbocycles. The van der Waals surface area contributed by atoms with Crippen LogP contribution in [0.1, 0.15) is 30.4 Å². The first kappa shape index (κ1) is 19.3. The molecule has 1 N–H and O–H groups in total. The number of thiophene rings is 1. The van der Waals surface area contributed by atoms with Crippen LogP contribution in [0.15, 0.2) is 36.4 Å². The number of benzene rings is 1. The second kappa shape index (κ2) is 8.87. The number of ether oxygens (including phenoxy) is 1. The summed E-state index contributed by atoms with van der Waals surface area (Å²) < 4.78 is 5.48. The maximum atomic E-state index is 11.9. The number of carbonyl (C=O) groups excluding carboxylic acids is 2. The lowest BCUT2D eigenvalue weighted by Gasteiger charge is -2.27. The monoisotopic (exact) mass is 380 g/mol. The first-order valence-corrected chi connectivity index (χ1v) is 9.19. The zero-order valence-corrected chi connectivity index (χ0v) is 16.0. The van der Waals surface area contributed by atoms with Crippen LogP contribution in [-0.2, 0) is 9.53 Å². The van der Waals surface area contributed by atoms with Gasteiger partial charge in [-0.2, -0.15) is 0 Å². The molecule has 1 amide bonds. The van der Waals surface area contributed by atoms with Crippen LogP contribution in [0.3, 0.4) is 0 Å². The number of nitrogens with zero attached hydrogens (tertiary/aromatic N) is 1. The highest BCUT2D eigenvalue weighted by molar-refractivity contribution is 7.17. The van der Waals surface area contributed by atoms with Gasteiger partial charge in [-0.25, -0.2) is 4.79 Å². The highest BCUT2D eigenvalue weighted by Gasteiger charge is 2.13. The molecule has 25 heavy (non-hydrogen) atoms. The van der Waals surface area contributed by atoms with Gasteiger partial charge in [-0.1, -0.05) is 11.6 Å². The van der Waals surface area contributed by atoms with Gasteiger partial charge in [0.1, 0.15) is 4.88 Å². The third-order valence-electron chi connectivity index (χ3n) is 3.56. The van der Waals surface area contributed by atoms with Crippen LogP contribution in [0.5, 0.6) is 0 Å². The van der Waals surface area contributed by atoms with E-state index in [-0.39, 0.29) is 12.5 Å². The van der Waals surface area contributed by atoms with Crippen molar-refractivity contribution in [1.82, 2.24) is 0 Å². The summed E-state index contributed by atoms with van der Waals surface area (Å²) in [7, 11) is 0. The van der Waals surface area contributed by atoms with Gasteiger partial charge in [0, 0.05) is 24.0 Å². The SMILES string of the molecule is CCN(c1ccc(NC(=O)COC(=O)c2ccc(Cl)s2)cc1)C(C)C. The molecule has 0 bridgehead atoms. The molecule has 2 aromatic rings. The van der Waals surface area contributed by atoms with Crippen molar-refractivity contribution in [2.24, 2.45) is 0 Å². The molecule has 0 fully saturated rings. The summed E-state index contributed by atoms with van der Waals surface area (Å²) in [6.45, 7) is 6.93. The fourth-order valence-electron chi connectivity index (χ4n) is 2.41. The lowest BCUT2D eigenvalue weighted by atomic mass is 10.2. The molecule has 5 nitrogen and oxygen atoms in total. The number of nitrogens with one attached hydrogen (secondary N) is 1. The molecule has 0 atom stereocenters. The lowest BCUT2D eigenvalue weighted by Crippen LogP contribution is -2.30. The van der Waals surface area contributed by atoms with E-state index in [0.29, 0.717) is 20.9 Å². The van der Waals surface area contributed by atoms with E-state index in [1.165, 1.54) is 0 Å². The summed E-state index contributed by atoms with van der Waals surface area (Å²) in [6, 6.07) is 11.2. The Morgan fingerprint density at radius 1 is 1.20 bits per heavy atom. The van der Waals surface area contributed by atoms with E-state index in [0.717, 1.165) is 23.6 Å². The van der Waals surface area contributed by atoms with Gasteiger partial charge in [-0.05, 0) is 57.2 Å². The minimum Gasteiger partial charge on any atom is -0.451 e. The number of hydrogen-bond donors (Lipinski definition) is 1. The van der Waals surface area contributed by atoms with Crippen molar-refractivity contribution < 1.29 is 14.3 Å². The summed E-state index contributed by atoms with van der Waals surface area (Å²) in [5.41, 5.74) is 1.75. The number of carbonyl (C=O) groups is 2. The number of hydrogen-bond acceptors (Lipinski definition) is 5. The van der Waals surface area contributed by atoms with E-state index >= 15 is 0 Å². The number of halogens is 1. The zero-order chi connectivity index (χ0) is 18.4. The van der Waals surface area contributed by atoms with Crippen molar-refractivity contribution >= 4 is 46.2 Å². The maximum absolute atomic E-state index is 11.9. The second-order valence-corrected chi connectivity index (χ2v) is 7.37. The van der Waals surface area contributed by atoms with Gasteiger partial charge in [0.15, 0.2) is 6.61 Å². The van der Waals surface area contributed by atoms with E-state index < -0.39 is 5.97 Å². The van der Waals surface area contributed by atoms with Gasteiger partial charge in [0.05, 0.1) is 4.34 Å². The molecule has 0 saturated carbocycles. The van der Waals surface area contributed by atoms with Gasteiger partial charge in [-0.3, -0.25) is 4.79 Å². The first-order valence-electron chi connectivity index (χ1n) is 7.99. The van der Waals surface area contributed by atoms with Crippen LogP contribution < -0.4 is 10.2 Å². The Morgan fingerprint density at radius 3 is 2.40 bits per heavy atom. The van der Waals surface area contributed by atoms with E-state index in [1.807, 2.05) is 24.3 Å². The van der Waals surface area contributed by atoms with Gasteiger partial charge in [0.25, 0.3) is 5.91 Å². The fourth-order valence-corrected chi connectivity index (χ4v) is 3.34. The van der Waals surface area contributed by atoms with Crippen molar-refractivity contribution in [2.75, 3.05) is 23.4 Å². The molecule has 0 spiro atoms. The second-order valence-electron chi connectivity index (χ2n) is 5.65. The summed E-state index contributed by atoms with van der Waals surface area (Å²) in [6.07, 6.45) is 0. The van der Waals surface area contributed by atoms with Crippen molar-refractivity contribution in [3.63, 3.8) is 0 Å². The van der Waals surface area contributed by atoms with Gasteiger partial charge in [0.2, 0.25) is 0 Å². The van der Waals surface area contributed by atoms with E-state index in [9.17, 15) is 9.59 Å². The Bertz CT molecular complexity index is 728. The van der Waals surface area contributed by atoms with Crippen molar-refractivity contribution in [3.8, 4) is 0 Å². The van der Waals surface area contributed by atoms with E-state index in [4.69, 9.17) is 16.3 Å². The summed E-state index contributed by atoms with van der Waals surface area (Å²) in [5, 5.41) is 2.71. The molecule has 134 valence electrons. The maximum Gasteiger partial charge on any atom is 0.348 e. The number of esters is 1. The molecule has 1 heterocycles. The molecule has 0 unspecified atom stereocenters. The van der Waals surface area contributed by atoms with Crippen molar-refractivity contribution in [3.05, 3.63) is 45.6 Å². The highest BCUT2D eigenvalue weighted by Crippen LogP contribution is 2.22. The third-order valence-corrected chi connectivity index (χ3v) is 4.77. The quantitative estimate of drug-likeness (QED) is 0.722. The van der Waals surface area contributed by atoms with Crippen molar-refractivity contribution in [2.45, 2.75) is 26.8 Å². The van der Waals surface area contributed by atoms with Crippen molar-refractivity contribution in [1.29, 1.82) is 0 Å². The smallest absolute Gasteiger partial charge is 0.348 e. The Balaban J connectivity index is 1.87. The summed E-state index contributed by atoms with van der Waals surface area (Å²) >= 11 is 6.88. The Hall–Kier alpha value is -2.05. The van der Waals surface area contributed by atoms with Gasteiger partial charge in [-0.15, -0.1) is 11.3 Å². The standard InChI is InChI=1S/C18H21ClN2O3S/c1-4-21(12(2)3)14-7-5-13(6-8-14)20-17(22)11-24-18(23)15-9-10-16(19)25-15/h5-10,12H,4,11H2,1-3H3,(H,20,22). The summed E-state index contributed by atoms with van der Waals surface area (Å²) in [5.74, 6) is -0.946. The molecule has 0 aliphatic heterocycles. The zero-order valence-electron chi connectivity index (χ0n) is 14.4. The molecular formula is C18H21ClN2O3S. The molecule has 1 aromatic heterocycles. The minimum absolute atomic E-state index is 0.344. The number of anilines is 2. The Morgan fingerprint density at radius 2 is 1.88 bits per heavy atom. The molecule has 0 radical (unpaired) electrons. The Kier molecular flexibility index (Phi) is 6.84. The molecular weight excluding hydrogens is 360 g/mol. The third kappa shape index (κ3) is 5.47. The van der Waals surface area contributed by atoms with E-state index in [2.05, 4.69) is 31.0 Å². The molecule has 0 saturated heterocycles. The van der Waals surface area contributed by atoms with Crippen LogP contribution >= 0.6 is 22.9 Å². The predicted octanol–water partition coefficient (Wildman–Crippen LogP) is 4.43. The molecule has 2 rings (SSSR count). The van der Waals surface area contributed by atoms with Gasteiger partial charge < -0.3 is 15.0 Å². The average molecular weight is 381 g/mol. The van der Waals surface area contributed by atoms with E-state index in [1.54, 1.807) is 12.1 Å². The van der Waals surface area contributed by atoms with Crippen LogP contribution in [-0.4, -0.2) is 31.1 Å². The molecule has 7 heteroatoms. The molecule has 0 aliphatic rings. The summed E-state index contributed by atoms with van der Waals surface area (Å²) in [4.78, 5) is 26.3. The average Bonchev–Trinajstić information content (AvgIpc) is 3.01. The number of rotatable bonds is 7. The highest BCUT2D eigenvalue weighted by atomic mass is 35.5. The van der Waals surface area contributed by atoms with Crippen LogP contribution in [0.4, 0.5) is 11.4 Å². The lowest BCUT2D eigenvalue weighted by molar-refractivity contribution is -0.119. The topological polar surface area (TPSA) is 58.6 Å². The fraction of sp³-hybridized carbons (Fsp3) is 0.333. The predicted molar refractivity (Wildman–Crippen MR) is 103 cm³/mol. The molecule has 0 aliphatic carbocycles. The van der Waals surface area contributed by atoms with Gasteiger partial charge >= 0.3 is 5.97 Å². The van der Waals surface area contributed by atoms with Crippen LogP contribution in [0.2, 0.25) is 4.34 Å². The Labute approximate surface area is 156 Å². The van der Waals surface area contributed by atoms with Crippen LogP contribution in [0, 0.1) is 0 Å². The largest absolute Gasteiger partial charge is 0.451 e. The normalized spacial score (nSPS) is 10.6.